The first kappa shape index (κ1) is 13.2. The quantitative estimate of drug-likeness (QED) is 0.900. The van der Waals surface area contributed by atoms with Crippen LogP contribution in [-0.2, 0) is 6.54 Å². The first-order valence-electron chi connectivity index (χ1n) is 5.81. The minimum absolute atomic E-state index is 0.274. The Labute approximate surface area is 116 Å². The number of nitrogens with zero attached hydrogens (tertiary/aromatic N) is 2. The van der Waals surface area contributed by atoms with Gasteiger partial charge in [-0.25, -0.2) is 4.68 Å². The average Bonchev–Trinajstić information content (AvgIpc) is 2.83. The van der Waals surface area contributed by atoms with Crippen molar-refractivity contribution >= 4 is 34.4 Å². The second kappa shape index (κ2) is 5.20. The van der Waals surface area contributed by atoms with Crippen LogP contribution in [0.25, 0.3) is 0 Å². The summed E-state index contributed by atoms with van der Waals surface area (Å²) in [6.07, 6.45) is 0. The number of nitrogens with two attached hydrogens (primary N) is 1. The van der Waals surface area contributed by atoms with Crippen LogP contribution in [0.4, 0.5) is 11.5 Å². The summed E-state index contributed by atoms with van der Waals surface area (Å²) in [5.41, 5.74) is 7.61. The van der Waals surface area contributed by atoms with Crippen molar-refractivity contribution in [1.29, 1.82) is 0 Å². The molecule has 0 bridgehead atoms. The van der Waals surface area contributed by atoms with Crippen LogP contribution in [0.1, 0.15) is 30.5 Å². The maximum atomic E-state index is 6.04. The first-order valence-corrected chi connectivity index (χ1v) is 7.01. The van der Waals surface area contributed by atoms with Gasteiger partial charge in [0.15, 0.2) is 0 Å². The second-order valence-corrected chi connectivity index (χ2v) is 6.25. The van der Waals surface area contributed by atoms with E-state index in [1.165, 1.54) is 4.88 Å². The lowest BCUT2D eigenvalue weighted by molar-refractivity contribution is 0.534. The lowest BCUT2D eigenvalue weighted by Gasteiger charge is -2.12. The number of nitrogen functional groups attached to an aromatic ring is 1. The van der Waals surface area contributed by atoms with E-state index in [4.69, 9.17) is 17.3 Å². The van der Waals surface area contributed by atoms with E-state index in [0.717, 1.165) is 15.8 Å². The molecule has 0 spiro atoms. The highest BCUT2D eigenvalue weighted by molar-refractivity contribution is 7.16. The Kier molecular flexibility index (Phi) is 3.82. The normalized spacial score (nSPS) is 11.2. The lowest BCUT2D eigenvalue weighted by Crippen LogP contribution is -2.10. The van der Waals surface area contributed by atoms with Gasteiger partial charge in [-0.1, -0.05) is 11.6 Å². The molecule has 3 N–H and O–H groups in total. The summed E-state index contributed by atoms with van der Waals surface area (Å²) in [4.78, 5) is 1.17. The summed E-state index contributed by atoms with van der Waals surface area (Å²) in [6, 6.07) is 4.19. The third kappa shape index (κ3) is 2.62. The molecule has 4 nitrogen and oxygen atoms in total. The third-order valence-electron chi connectivity index (χ3n) is 2.68. The van der Waals surface area contributed by atoms with Gasteiger partial charge in [0.05, 0.1) is 22.3 Å². The highest BCUT2D eigenvalue weighted by Crippen LogP contribution is 2.27. The Balaban J connectivity index is 2.18. The van der Waals surface area contributed by atoms with Crippen LogP contribution < -0.4 is 11.1 Å². The summed E-state index contributed by atoms with van der Waals surface area (Å²) in [5, 5.41) is 7.77. The summed E-state index contributed by atoms with van der Waals surface area (Å²) in [5.74, 6) is 0.882. The van der Waals surface area contributed by atoms with E-state index in [1.54, 1.807) is 11.3 Å². The van der Waals surface area contributed by atoms with Crippen molar-refractivity contribution in [2.45, 2.75) is 33.4 Å². The van der Waals surface area contributed by atoms with Gasteiger partial charge in [0, 0.05) is 10.9 Å². The molecular weight excluding hydrogens is 268 g/mol. The van der Waals surface area contributed by atoms with Crippen molar-refractivity contribution in [3.05, 3.63) is 27.0 Å². The number of thiophene rings is 1. The van der Waals surface area contributed by atoms with E-state index in [0.29, 0.717) is 12.2 Å². The molecule has 0 atom stereocenters. The Bertz CT molecular complexity index is 544. The SMILES string of the molecule is Cc1nn(C(C)C)c(NCc2ccc(Cl)s2)c1N. The molecule has 18 heavy (non-hydrogen) atoms. The Morgan fingerprint density at radius 2 is 2.22 bits per heavy atom. The molecule has 98 valence electrons. The number of hydrogen-bond acceptors (Lipinski definition) is 4. The number of anilines is 2. The molecule has 0 aliphatic rings. The smallest absolute Gasteiger partial charge is 0.148 e. The zero-order valence-electron chi connectivity index (χ0n) is 10.7. The second-order valence-electron chi connectivity index (χ2n) is 4.45. The topological polar surface area (TPSA) is 55.9 Å². The number of hydrogen-bond donors (Lipinski definition) is 2. The molecule has 0 aliphatic carbocycles. The van der Waals surface area contributed by atoms with E-state index in [-0.39, 0.29) is 6.04 Å². The van der Waals surface area contributed by atoms with Crippen molar-refractivity contribution in [3.63, 3.8) is 0 Å². The summed E-state index contributed by atoms with van der Waals surface area (Å²) >= 11 is 7.47. The molecule has 2 rings (SSSR count). The van der Waals surface area contributed by atoms with Crippen molar-refractivity contribution < 1.29 is 0 Å². The zero-order valence-corrected chi connectivity index (χ0v) is 12.3. The van der Waals surface area contributed by atoms with Crippen LogP contribution in [0.15, 0.2) is 12.1 Å². The molecule has 0 saturated carbocycles. The van der Waals surface area contributed by atoms with Crippen LogP contribution >= 0.6 is 22.9 Å². The van der Waals surface area contributed by atoms with Crippen LogP contribution in [0.3, 0.4) is 0 Å². The zero-order chi connectivity index (χ0) is 13.3. The number of nitrogens with one attached hydrogen (secondary N) is 1. The maximum absolute atomic E-state index is 6.04. The van der Waals surface area contributed by atoms with Crippen LogP contribution in [0, 0.1) is 6.92 Å². The average molecular weight is 285 g/mol. The fourth-order valence-electron chi connectivity index (χ4n) is 1.73. The minimum atomic E-state index is 0.274. The number of aryl methyl sites for hydroxylation is 1. The van der Waals surface area contributed by atoms with Gasteiger partial charge >= 0.3 is 0 Å². The van der Waals surface area contributed by atoms with Gasteiger partial charge in [-0.05, 0) is 32.9 Å². The molecule has 0 amide bonds. The van der Waals surface area contributed by atoms with Gasteiger partial charge < -0.3 is 11.1 Å². The summed E-state index contributed by atoms with van der Waals surface area (Å²) < 4.78 is 2.72. The van der Waals surface area contributed by atoms with E-state index in [9.17, 15) is 0 Å². The predicted octanol–water partition coefficient (Wildman–Crippen LogP) is 3.68. The number of rotatable bonds is 4. The van der Waals surface area contributed by atoms with E-state index >= 15 is 0 Å². The van der Waals surface area contributed by atoms with Crippen LogP contribution in [0.5, 0.6) is 0 Å². The lowest BCUT2D eigenvalue weighted by atomic mass is 10.3. The molecule has 2 aromatic rings. The van der Waals surface area contributed by atoms with Gasteiger partial charge in [-0.3, -0.25) is 0 Å². The molecule has 2 aromatic heterocycles. The Hall–Kier alpha value is -1.20. The molecule has 2 heterocycles. The molecule has 6 heteroatoms. The standard InChI is InChI=1S/C12H17ClN4S/c1-7(2)17-12(11(14)8(3)16-17)15-6-9-4-5-10(13)18-9/h4-5,7,15H,6,14H2,1-3H3. The molecule has 0 unspecified atom stereocenters. The molecule has 0 aliphatic heterocycles. The van der Waals surface area contributed by atoms with Gasteiger partial charge in [0.2, 0.25) is 0 Å². The minimum Gasteiger partial charge on any atom is -0.394 e. The largest absolute Gasteiger partial charge is 0.394 e. The molecular formula is C12H17ClN4S. The predicted molar refractivity (Wildman–Crippen MR) is 78.4 cm³/mol. The van der Waals surface area contributed by atoms with Crippen LogP contribution in [-0.4, -0.2) is 9.78 Å². The monoisotopic (exact) mass is 284 g/mol. The highest BCUT2D eigenvalue weighted by atomic mass is 35.5. The van der Waals surface area contributed by atoms with Crippen molar-refractivity contribution in [1.82, 2.24) is 9.78 Å². The fraction of sp³-hybridized carbons (Fsp3) is 0.417. The van der Waals surface area contributed by atoms with E-state index in [2.05, 4.69) is 24.3 Å². The van der Waals surface area contributed by atoms with Crippen molar-refractivity contribution in [2.75, 3.05) is 11.1 Å². The maximum Gasteiger partial charge on any atom is 0.148 e. The molecule has 0 fully saturated rings. The number of halogens is 1. The van der Waals surface area contributed by atoms with E-state index in [1.807, 2.05) is 23.7 Å². The van der Waals surface area contributed by atoms with Crippen LogP contribution in [0.2, 0.25) is 4.34 Å². The first-order chi connectivity index (χ1) is 8.49. The van der Waals surface area contributed by atoms with Gasteiger partial charge in [0.1, 0.15) is 5.82 Å². The van der Waals surface area contributed by atoms with E-state index < -0.39 is 0 Å². The molecule has 0 aromatic carbocycles. The number of aromatic nitrogens is 2. The Morgan fingerprint density at radius 3 is 2.78 bits per heavy atom. The Morgan fingerprint density at radius 1 is 1.50 bits per heavy atom. The highest BCUT2D eigenvalue weighted by Gasteiger charge is 2.14. The summed E-state index contributed by atoms with van der Waals surface area (Å²) in [7, 11) is 0. The fourth-order valence-corrected chi connectivity index (χ4v) is 2.75. The van der Waals surface area contributed by atoms with Crippen molar-refractivity contribution in [3.8, 4) is 0 Å². The molecule has 0 saturated heterocycles. The van der Waals surface area contributed by atoms with Crippen molar-refractivity contribution in [2.24, 2.45) is 0 Å². The van der Waals surface area contributed by atoms with Gasteiger partial charge in [0.25, 0.3) is 0 Å². The third-order valence-corrected chi connectivity index (χ3v) is 3.91. The van der Waals surface area contributed by atoms with Gasteiger partial charge in [-0.2, -0.15) is 5.10 Å². The molecule has 0 radical (unpaired) electrons. The van der Waals surface area contributed by atoms with Gasteiger partial charge in [-0.15, -0.1) is 11.3 Å². The summed E-state index contributed by atoms with van der Waals surface area (Å²) in [6.45, 7) is 6.79.